The van der Waals surface area contributed by atoms with Gasteiger partial charge in [-0.2, -0.15) is 0 Å². The SMILES string of the molecule is CC(CNC(=O)/C=C/c1ccc(N)cc1)S(C)=O. The highest BCUT2D eigenvalue weighted by Gasteiger charge is 2.06. The molecule has 2 atom stereocenters. The van der Waals surface area contributed by atoms with E-state index in [9.17, 15) is 9.00 Å². The molecule has 0 spiro atoms. The Morgan fingerprint density at radius 1 is 1.44 bits per heavy atom. The van der Waals surface area contributed by atoms with Gasteiger partial charge in [-0.1, -0.05) is 12.1 Å². The third-order valence-corrected chi connectivity index (χ3v) is 3.79. The van der Waals surface area contributed by atoms with Gasteiger partial charge < -0.3 is 11.1 Å². The molecule has 0 bridgehead atoms. The van der Waals surface area contributed by atoms with Crippen molar-refractivity contribution >= 4 is 28.5 Å². The first-order chi connectivity index (χ1) is 8.49. The second kappa shape index (κ2) is 6.96. The molecular formula is C13H18N2O2S. The molecule has 1 amide bonds. The van der Waals surface area contributed by atoms with Crippen molar-refractivity contribution in [2.45, 2.75) is 12.2 Å². The highest BCUT2D eigenvalue weighted by atomic mass is 32.2. The van der Waals surface area contributed by atoms with Crippen LogP contribution in [0.2, 0.25) is 0 Å². The maximum Gasteiger partial charge on any atom is 0.244 e. The number of carbonyl (C=O) groups is 1. The second-order valence-electron chi connectivity index (χ2n) is 4.05. The Bertz CT molecular complexity index is 455. The molecule has 0 radical (unpaired) electrons. The topological polar surface area (TPSA) is 72.2 Å². The first-order valence-electron chi connectivity index (χ1n) is 5.62. The summed E-state index contributed by atoms with van der Waals surface area (Å²) in [6.07, 6.45) is 4.79. The fourth-order valence-corrected chi connectivity index (χ4v) is 1.52. The van der Waals surface area contributed by atoms with Crippen molar-refractivity contribution in [3.63, 3.8) is 0 Å². The first-order valence-corrected chi connectivity index (χ1v) is 7.25. The molecule has 18 heavy (non-hydrogen) atoms. The summed E-state index contributed by atoms with van der Waals surface area (Å²) in [5.41, 5.74) is 7.16. The van der Waals surface area contributed by atoms with Crippen molar-refractivity contribution in [2.24, 2.45) is 0 Å². The zero-order chi connectivity index (χ0) is 13.5. The molecule has 1 aromatic rings. The van der Waals surface area contributed by atoms with Crippen LogP contribution in [0.1, 0.15) is 12.5 Å². The zero-order valence-electron chi connectivity index (χ0n) is 10.6. The van der Waals surface area contributed by atoms with Crippen LogP contribution in [-0.2, 0) is 15.6 Å². The van der Waals surface area contributed by atoms with Crippen molar-refractivity contribution in [2.75, 3.05) is 18.5 Å². The van der Waals surface area contributed by atoms with Gasteiger partial charge in [0.1, 0.15) is 0 Å². The molecular weight excluding hydrogens is 248 g/mol. The van der Waals surface area contributed by atoms with Crippen molar-refractivity contribution in [3.05, 3.63) is 35.9 Å². The van der Waals surface area contributed by atoms with Gasteiger partial charge in [-0.25, -0.2) is 0 Å². The normalized spacial score (nSPS) is 14.3. The lowest BCUT2D eigenvalue weighted by Crippen LogP contribution is -2.31. The van der Waals surface area contributed by atoms with E-state index in [2.05, 4.69) is 5.32 Å². The molecule has 5 heteroatoms. The van der Waals surface area contributed by atoms with Crippen LogP contribution in [0.25, 0.3) is 6.08 Å². The third-order valence-electron chi connectivity index (χ3n) is 2.49. The zero-order valence-corrected chi connectivity index (χ0v) is 11.4. The molecule has 3 N–H and O–H groups in total. The first kappa shape index (κ1) is 14.4. The molecule has 98 valence electrons. The van der Waals surface area contributed by atoms with Crippen LogP contribution in [0.15, 0.2) is 30.3 Å². The quantitative estimate of drug-likeness (QED) is 0.620. The minimum Gasteiger partial charge on any atom is -0.399 e. The van der Waals surface area contributed by atoms with E-state index < -0.39 is 10.8 Å². The monoisotopic (exact) mass is 266 g/mol. The molecule has 4 nitrogen and oxygen atoms in total. The number of anilines is 1. The van der Waals surface area contributed by atoms with Crippen molar-refractivity contribution < 1.29 is 9.00 Å². The Morgan fingerprint density at radius 3 is 2.61 bits per heavy atom. The molecule has 0 saturated heterocycles. The van der Waals surface area contributed by atoms with Gasteiger partial charge in [-0.3, -0.25) is 9.00 Å². The summed E-state index contributed by atoms with van der Waals surface area (Å²) in [5, 5.41) is 2.66. The summed E-state index contributed by atoms with van der Waals surface area (Å²) in [5.74, 6) is -0.191. The van der Waals surface area contributed by atoms with Crippen molar-refractivity contribution in [1.82, 2.24) is 5.32 Å². The Labute approximate surface area is 110 Å². The van der Waals surface area contributed by atoms with E-state index in [0.29, 0.717) is 12.2 Å². The van der Waals surface area contributed by atoms with Crippen molar-refractivity contribution in [1.29, 1.82) is 0 Å². The summed E-state index contributed by atoms with van der Waals surface area (Å²) in [6, 6.07) is 7.23. The summed E-state index contributed by atoms with van der Waals surface area (Å²) in [6.45, 7) is 2.24. The van der Waals surface area contributed by atoms with E-state index >= 15 is 0 Å². The van der Waals surface area contributed by atoms with Crippen LogP contribution in [0.4, 0.5) is 5.69 Å². The van der Waals surface area contributed by atoms with E-state index in [1.807, 2.05) is 19.1 Å². The van der Waals surface area contributed by atoms with Gasteiger partial charge in [-0.05, 0) is 30.7 Å². The lowest BCUT2D eigenvalue weighted by Gasteiger charge is -2.07. The van der Waals surface area contributed by atoms with Gasteiger partial charge in [-0.15, -0.1) is 0 Å². The maximum atomic E-state index is 11.5. The van der Waals surface area contributed by atoms with Gasteiger partial charge in [0.15, 0.2) is 0 Å². The number of nitrogens with one attached hydrogen (secondary N) is 1. The largest absolute Gasteiger partial charge is 0.399 e. The number of hydrogen-bond donors (Lipinski definition) is 2. The molecule has 2 unspecified atom stereocenters. The molecule has 0 aliphatic rings. The molecule has 0 fully saturated rings. The number of benzene rings is 1. The smallest absolute Gasteiger partial charge is 0.244 e. The predicted octanol–water partition coefficient (Wildman–Crippen LogP) is 1.17. The molecule has 0 aliphatic carbocycles. The summed E-state index contributed by atoms with van der Waals surface area (Å²) in [4.78, 5) is 11.5. The standard InChI is InChI=1S/C13H18N2O2S/c1-10(18(2)17)9-15-13(16)8-5-11-3-6-12(14)7-4-11/h3-8,10H,9,14H2,1-2H3,(H,15,16)/b8-5+. The van der Waals surface area contributed by atoms with Gasteiger partial charge in [0.25, 0.3) is 0 Å². The summed E-state index contributed by atoms with van der Waals surface area (Å²) in [7, 11) is -0.922. The van der Waals surface area contributed by atoms with Gasteiger partial charge in [0.05, 0.1) is 0 Å². The molecule has 0 aliphatic heterocycles. The van der Waals surface area contributed by atoms with Gasteiger partial charge in [0, 0.05) is 40.6 Å². The van der Waals surface area contributed by atoms with E-state index in [4.69, 9.17) is 5.73 Å². The number of nitrogens with two attached hydrogens (primary N) is 1. The number of hydrogen-bond acceptors (Lipinski definition) is 3. The van der Waals surface area contributed by atoms with Crippen LogP contribution >= 0.6 is 0 Å². The van der Waals surface area contributed by atoms with E-state index in [0.717, 1.165) is 5.56 Å². The number of rotatable bonds is 5. The fraction of sp³-hybridized carbons (Fsp3) is 0.308. The summed E-state index contributed by atoms with van der Waals surface area (Å²) >= 11 is 0. The van der Waals surface area contributed by atoms with Gasteiger partial charge in [0.2, 0.25) is 5.91 Å². The van der Waals surface area contributed by atoms with Crippen molar-refractivity contribution in [3.8, 4) is 0 Å². The minimum absolute atomic E-state index is 0.0427. The molecule has 0 heterocycles. The molecule has 0 saturated carbocycles. The maximum absolute atomic E-state index is 11.5. The van der Waals surface area contributed by atoms with E-state index in [-0.39, 0.29) is 11.2 Å². The molecule has 0 aromatic heterocycles. The lowest BCUT2D eigenvalue weighted by molar-refractivity contribution is -0.116. The molecule has 1 rings (SSSR count). The lowest BCUT2D eigenvalue weighted by atomic mass is 10.2. The van der Waals surface area contributed by atoms with Gasteiger partial charge >= 0.3 is 0 Å². The number of nitrogen functional groups attached to an aromatic ring is 1. The minimum atomic E-state index is -0.922. The highest BCUT2D eigenvalue weighted by molar-refractivity contribution is 7.84. The Morgan fingerprint density at radius 2 is 2.06 bits per heavy atom. The third kappa shape index (κ3) is 5.14. The van der Waals surface area contributed by atoms with E-state index in [1.54, 1.807) is 24.5 Å². The number of amides is 1. The van der Waals surface area contributed by atoms with Crippen LogP contribution < -0.4 is 11.1 Å². The van der Waals surface area contributed by atoms with Crippen LogP contribution in [0.3, 0.4) is 0 Å². The van der Waals surface area contributed by atoms with Crippen LogP contribution in [-0.4, -0.2) is 28.2 Å². The Balaban J connectivity index is 2.45. The molecule has 1 aromatic carbocycles. The van der Waals surface area contributed by atoms with Crippen LogP contribution in [0.5, 0.6) is 0 Å². The average molecular weight is 266 g/mol. The highest BCUT2D eigenvalue weighted by Crippen LogP contribution is 2.06. The van der Waals surface area contributed by atoms with E-state index in [1.165, 1.54) is 6.08 Å². The average Bonchev–Trinajstić information content (AvgIpc) is 2.35. The van der Waals surface area contributed by atoms with Crippen LogP contribution in [0, 0.1) is 0 Å². The Hall–Kier alpha value is -1.62. The summed E-state index contributed by atoms with van der Waals surface area (Å²) < 4.78 is 11.1. The second-order valence-corrected chi connectivity index (χ2v) is 5.86. The Kier molecular flexibility index (Phi) is 5.58. The number of carbonyl (C=O) groups excluding carboxylic acids is 1. The fourth-order valence-electron chi connectivity index (χ4n) is 1.20. The predicted molar refractivity (Wildman–Crippen MR) is 76.4 cm³/mol.